The van der Waals surface area contributed by atoms with E-state index in [1.807, 2.05) is 0 Å². The number of hydrogen-bond acceptors (Lipinski definition) is 4. The second-order valence-electron chi connectivity index (χ2n) is 7.50. The van der Waals surface area contributed by atoms with Crippen LogP contribution in [-0.2, 0) is 12.7 Å². The zero-order valence-corrected chi connectivity index (χ0v) is 16.3. The van der Waals surface area contributed by atoms with E-state index in [1.54, 1.807) is 6.92 Å². The first-order chi connectivity index (χ1) is 14.6. The van der Waals surface area contributed by atoms with E-state index in [0.717, 1.165) is 35.6 Å². The Labute approximate surface area is 173 Å². The summed E-state index contributed by atoms with van der Waals surface area (Å²) in [5, 5.41) is 2.76. The second-order valence-corrected chi connectivity index (χ2v) is 7.50. The summed E-state index contributed by atoms with van der Waals surface area (Å²) in [5.74, 6) is -0.515. The molecule has 3 aromatic rings. The van der Waals surface area contributed by atoms with Gasteiger partial charge in [0.05, 0.1) is 41.1 Å². The average molecular weight is 439 g/mol. The molecule has 1 amide bonds. The van der Waals surface area contributed by atoms with E-state index in [4.69, 9.17) is 0 Å². The molecular formula is C20H18F5N5O. The molecule has 1 atom stereocenters. The highest BCUT2D eigenvalue weighted by molar-refractivity contribution is 5.92. The molecule has 2 heterocycles. The van der Waals surface area contributed by atoms with Crippen LogP contribution in [0.15, 0.2) is 30.6 Å². The summed E-state index contributed by atoms with van der Waals surface area (Å²) in [4.78, 5) is 25.0. The molecule has 1 saturated carbocycles. The molecule has 0 spiro atoms. The SMILES string of the molecule is Cc1cnc(C(=O)N[C@H](c2nc3ccc(C(F)(F)F)cc3n2CC(F)F)C2CC2)cn1. The van der Waals surface area contributed by atoms with Gasteiger partial charge in [-0.05, 0) is 43.9 Å². The third-order valence-corrected chi connectivity index (χ3v) is 5.10. The van der Waals surface area contributed by atoms with Gasteiger partial charge in [-0.3, -0.25) is 9.78 Å². The zero-order chi connectivity index (χ0) is 22.3. The summed E-state index contributed by atoms with van der Waals surface area (Å²) in [7, 11) is 0. The highest BCUT2D eigenvalue weighted by atomic mass is 19.4. The second kappa shape index (κ2) is 7.86. The molecule has 2 aromatic heterocycles. The van der Waals surface area contributed by atoms with Crippen molar-refractivity contribution >= 4 is 16.9 Å². The number of fused-ring (bicyclic) bond motifs is 1. The monoisotopic (exact) mass is 439 g/mol. The molecule has 4 rings (SSSR count). The summed E-state index contributed by atoms with van der Waals surface area (Å²) < 4.78 is 67.1. The van der Waals surface area contributed by atoms with Crippen molar-refractivity contribution in [3.8, 4) is 0 Å². The first kappa shape index (κ1) is 21.1. The van der Waals surface area contributed by atoms with Crippen molar-refractivity contribution in [2.75, 3.05) is 0 Å². The first-order valence-corrected chi connectivity index (χ1v) is 9.58. The molecule has 31 heavy (non-hydrogen) atoms. The number of carbonyl (C=O) groups is 1. The maximum atomic E-state index is 13.3. The minimum atomic E-state index is -4.62. The highest BCUT2D eigenvalue weighted by Gasteiger charge is 2.38. The third-order valence-electron chi connectivity index (χ3n) is 5.10. The maximum absolute atomic E-state index is 13.3. The van der Waals surface area contributed by atoms with Crippen LogP contribution in [-0.4, -0.2) is 31.9 Å². The lowest BCUT2D eigenvalue weighted by atomic mass is 10.1. The van der Waals surface area contributed by atoms with E-state index in [-0.39, 0.29) is 28.5 Å². The fraction of sp³-hybridized carbons (Fsp3) is 0.400. The molecule has 1 aromatic carbocycles. The van der Waals surface area contributed by atoms with Crippen LogP contribution in [0.2, 0.25) is 0 Å². The Hall–Kier alpha value is -3.11. The molecule has 0 saturated heterocycles. The van der Waals surface area contributed by atoms with Gasteiger partial charge < -0.3 is 9.88 Å². The topological polar surface area (TPSA) is 72.7 Å². The molecule has 0 radical (unpaired) electrons. The Kier molecular flexibility index (Phi) is 5.36. The van der Waals surface area contributed by atoms with Gasteiger partial charge in [-0.25, -0.2) is 18.7 Å². The van der Waals surface area contributed by atoms with E-state index >= 15 is 0 Å². The Morgan fingerprint density at radius 3 is 2.55 bits per heavy atom. The number of alkyl halides is 5. The van der Waals surface area contributed by atoms with Gasteiger partial charge in [0, 0.05) is 6.20 Å². The van der Waals surface area contributed by atoms with Gasteiger partial charge in [-0.15, -0.1) is 0 Å². The van der Waals surface area contributed by atoms with E-state index in [2.05, 4.69) is 20.3 Å². The van der Waals surface area contributed by atoms with Gasteiger partial charge in [-0.2, -0.15) is 13.2 Å². The van der Waals surface area contributed by atoms with Crippen LogP contribution in [0.1, 0.15) is 46.5 Å². The lowest BCUT2D eigenvalue weighted by Gasteiger charge is -2.19. The Morgan fingerprint density at radius 1 is 1.23 bits per heavy atom. The molecule has 1 fully saturated rings. The van der Waals surface area contributed by atoms with Crippen molar-refractivity contribution in [3.05, 3.63) is 53.4 Å². The largest absolute Gasteiger partial charge is 0.416 e. The lowest BCUT2D eigenvalue weighted by molar-refractivity contribution is -0.137. The normalized spacial score (nSPS) is 15.5. The molecule has 1 aliphatic rings. The van der Waals surface area contributed by atoms with Crippen LogP contribution in [0.4, 0.5) is 22.0 Å². The number of aryl methyl sites for hydroxylation is 1. The molecule has 6 nitrogen and oxygen atoms in total. The zero-order valence-electron chi connectivity index (χ0n) is 16.3. The lowest BCUT2D eigenvalue weighted by Crippen LogP contribution is -2.33. The standard InChI is InChI=1S/C20H18F5N5O/c1-10-7-27-14(8-26-10)19(31)29-17(11-2-3-11)18-28-13-5-4-12(20(23,24)25)6-15(13)30(18)9-16(21)22/h4-8,11,16-17H,2-3,9H2,1H3,(H,29,31)/t17-/m0/s1. The van der Waals surface area contributed by atoms with E-state index in [1.165, 1.54) is 12.4 Å². The van der Waals surface area contributed by atoms with Crippen LogP contribution in [0, 0.1) is 12.8 Å². The van der Waals surface area contributed by atoms with Gasteiger partial charge >= 0.3 is 6.18 Å². The van der Waals surface area contributed by atoms with Gasteiger partial charge in [0.1, 0.15) is 11.5 Å². The molecule has 164 valence electrons. The van der Waals surface area contributed by atoms with Crippen LogP contribution in [0.5, 0.6) is 0 Å². The summed E-state index contributed by atoms with van der Waals surface area (Å²) in [6.07, 6.45) is -3.25. The number of imidazole rings is 1. The van der Waals surface area contributed by atoms with Gasteiger partial charge in [0.25, 0.3) is 12.3 Å². The number of carbonyl (C=O) groups excluding carboxylic acids is 1. The van der Waals surface area contributed by atoms with Gasteiger partial charge in [0.2, 0.25) is 0 Å². The number of rotatable bonds is 6. The highest BCUT2D eigenvalue weighted by Crippen LogP contribution is 2.42. The van der Waals surface area contributed by atoms with Crippen LogP contribution >= 0.6 is 0 Å². The van der Waals surface area contributed by atoms with Crippen LogP contribution in [0.3, 0.4) is 0 Å². The molecule has 0 unspecified atom stereocenters. The molecule has 1 N–H and O–H groups in total. The van der Waals surface area contributed by atoms with E-state index in [9.17, 15) is 26.7 Å². The Balaban J connectivity index is 1.75. The number of nitrogens with one attached hydrogen (secondary N) is 1. The number of benzene rings is 1. The van der Waals surface area contributed by atoms with Crippen LogP contribution in [0.25, 0.3) is 11.0 Å². The van der Waals surface area contributed by atoms with E-state index < -0.39 is 36.7 Å². The predicted molar refractivity (Wildman–Crippen MR) is 100 cm³/mol. The van der Waals surface area contributed by atoms with E-state index in [0.29, 0.717) is 5.69 Å². The summed E-state index contributed by atoms with van der Waals surface area (Å²) >= 11 is 0. The first-order valence-electron chi connectivity index (χ1n) is 9.58. The Morgan fingerprint density at radius 2 is 1.97 bits per heavy atom. The van der Waals surface area contributed by atoms with Crippen molar-refractivity contribution in [2.24, 2.45) is 5.92 Å². The van der Waals surface area contributed by atoms with Gasteiger partial charge in [-0.1, -0.05) is 0 Å². The molecule has 0 bridgehead atoms. The number of nitrogens with zero attached hydrogens (tertiary/aromatic N) is 4. The van der Waals surface area contributed by atoms with Crippen molar-refractivity contribution in [1.29, 1.82) is 0 Å². The summed E-state index contributed by atoms with van der Waals surface area (Å²) in [6, 6.07) is 2.08. The smallest absolute Gasteiger partial charge is 0.340 e. The van der Waals surface area contributed by atoms with Crippen molar-refractivity contribution in [2.45, 2.75) is 45.0 Å². The van der Waals surface area contributed by atoms with Gasteiger partial charge in [0.15, 0.2) is 0 Å². The summed E-state index contributed by atoms with van der Waals surface area (Å²) in [6.45, 7) is 0.875. The fourth-order valence-corrected chi connectivity index (χ4v) is 3.43. The number of hydrogen-bond donors (Lipinski definition) is 1. The molecule has 1 aliphatic carbocycles. The minimum Gasteiger partial charge on any atom is -0.340 e. The Bertz CT molecular complexity index is 1110. The number of aromatic nitrogens is 4. The van der Waals surface area contributed by atoms with Crippen molar-refractivity contribution in [3.63, 3.8) is 0 Å². The molecule has 0 aliphatic heterocycles. The predicted octanol–water partition coefficient (Wildman–Crippen LogP) is 4.30. The molecule has 11 heteroatoms. The number of halogens is 5. The average Bonchev–Trinajstić information content (AvgIpc) is 3.48. The minimum absolute atomic E-state index is 0.0483. The molecular weight excluding hydrogens is 421 g/mol. The quantitative estimate of drug-likeness (QED) is 0.582. The van der Waals surface area contributed by atoms with Crippen LogP contribution < -0.4 is 5.32 Å². The van der Waals surface area contributed by atoms with Crippen molar-refractivity contribution in [1.82, 2.24) is 24.8 Å². The fourth-order valence-electron chi connectivity index (χ4n) is 3.43. The third kappa shape index (κ3) is 4.49. The summed E-state index contributed by atoms with van der Waals surface area (Å²) in [5.41, 5.74) is -0.190. The number of amides is 1. The maximum Gasteiger partial charge on any atom is 0.416 e. The van der Waals surface area contributed by atoms with Crippen molar-refractivity contribution < 1.29 is 26.7 Å².